The van der Waals surface area contributed by atoms with Gasteiger partial charge in [-0.25, -0.2) is 0 Å². The van der Waals surface area contributed by atoms with Crippen molar-refractivity contribution in [3.05, 3.63) is 0 Å². The fourth-order valence-electron chi connectivity index (χ4n) is 2.91. The van der Waals surface area contributed by atoms with Crippen LogP contribution >= 0.6 is 0 Å². The molecule has 1 amide bonds. The summed E-state index contributed by atoms with van der Waals surface area (Å²) in [5.74, 6) is -0.0545. The van der Waals surface area contributed by atoms with Crippen LogP contribution in [0.4, 0.5) is 0 Å². The van der Waals surface area contributed by atoms with Crippen LogP contribution in [0, 0.1) is 5.41 Å². The van der Waals surface area contributed by atoms with Crippen molar-refractivity contribution in [2.45, 2.75) is 26.2 Å². The number of quaternary nitrogens is 1. The van der Waals surface area contributed by atoms with Gasteiger partial charge in [-0.1, -0.05) is 0 Å². The van der Waals surface area contributed by atoms with Crippen molar-refractivity contribution in [1.82, 2.24) is 0 Å². The number of carbonyl (C=O) groups excluding carboxylic acids is 1. The van der Waals surface area contributed by atoms with E-state index in [1.165, 1.54) is 30.7 Å². The third-order valence-electron chi connectivity index (χ3n) is 4.39. The summed E-state index contributed by atoms with van der Waals surface area (Å²) in [6.45, 7) is 6.97. The van der Waals surface area contributed by atoms with E-state index in [4.69, 9.17) is 5.73 Å². The summed E-state index contributed by atoms with van der Waals surface area (Å²) in [7, 11) is 0. The minimum Gasteiger partial charge on any atom is -0.369 e. The zero-order chi connectivity index (χ0) is 9.53. The highest BCUT2D eigenvalue weighted by Gasteiger charge is 2.51. The molecule has 2 bridgehead atoms. The monoisotopic (exact) mass is 183 g/mol. The molecule has 0 aromatic rings. The zero-order valence-corrected chi connectivity index (χ0v) is 8.38. The molecular weight excluding hydrogens is 164 g/mol. The molecule has 0 aliphatic carbocycles. The van der Waals surface area contributed by atoms with Gasteiger partial charge < -0.3 is 10.2 Å². The molecule has 0 saturated carbocycles. The van der Waals surface area contributed by atoms with Crippen LogP contribution in [0.1, 0.15) is 26.2 Å². The Hall–Kier alpha value is -0.570. The van der Waals surface area contributed by atoms with Crippen molar-refractivity contribution in [2.75, 3.05) is 26.2 Å². The maximum Gasteiger partial charge on any atom is 0.224 e. The lowest BCUT2D eigenvalue weighted by molar-refractivity contribution is -0.942. The molecule has 3 heterocycles. The Morgan fingerprint density at radius 2 is 1.77 bits per heavy atom. The van der Waals surface area contributed by atoms with Crippen molar-refractivity contribution in [1.29, 1.82) is 0 Å². The highest BCUT2D eigenvalue weighted by atomic mass is 16.1. The Morgan fingerprint density at radius 1 is 1.31 bits per heavy atom. The van der Waals surface area contributed by atoms with Crippen LogP contribution in [0.2, 0.25) is 0 Å². The fourth-order valence-corrected chi connectivity index (χ4v) is 2.91. The van der Waals surface area contributed by atoms with Gasteiger partial charge in [-0.2, -0.15) is 0 Å². The summed E-state index contributed by atoms with van der Waals surface area (Å²) in [5, 5.41) is 0. The Kier molecular flexibility index (Phi) is 1.88. The first-order chi connectivity index (χ1) is 6.13. The summed E-state index contributed by atoms with van der Waals surface area (Å²) >= 11 is 0. The molecule has 0 unspecified atom stereocenters. The van der Waals surface area contributed by atoms with Gasteiger partial charge in [-0.3, -0.25) is 4.79 Å². The van der Waals surface area contributed by atoms with Crippen molar-refractivity contribution in [3.8, 4) is 0 Å². The maximum atomic E-state index is 11.3. The van der Waals surface area contributed by atoms with Crippen LogP contribution in [0.3, 0.4) is 0 Å². The van der Waals surface area contributed by atoms with Gasteiger partial charge in [-0.15, -0.1) is 0 Å². The van der Waals surface area contributed by atoms with E-state index in [1.54, 1.807) is 0 Å². The van der Waals surface area contributed by atoms with E-state index in [1.807, 2.05) is 0 Å². The first-order valence-corrected chi connectivity index (χ1v) is 5.28. The molecule has 0 atom stereocenters. The third kappa shape index (κ3) is 1.17. The molecule has 3 fully saturated rings. The third-order valence-corrected chi connectivity index (χ3v) is 4.39. The Morgan fingerprint density at radius 3 is 2.08 bits per heavy atom. The van der Waals surface area contributed by atoms with Gasteiger partial charge in [-0.05, 0) is 6.92 Å². The molecule has 0 radical (unpaired) electrons. The van der Waals surface area contributed by atoms with E-state index in [0.29, 0.717) is 0 Å². The standard InChI is InChI=1S/C10H18N2O/c1-2-12-6-3-10(4-7-12,5-8-12)9(11)13/h2-8H2,1H3,(H-,11,13)/p+1. The van der Waals surface area contributed by atoms with Crippen LogP contribution < -0.4 is 5.73 Å². The lowest BCUT2D eigenvalue weighted by Gasteiger charge is -2.53. The summed E-state index contributed by atoms with van der Waals surface area (Å²) < 4.78 is 1.23. The second-order valence-electron chi connectivity index (χ2n) is 4.72. The van der Waals surface area contributed by atoms with Gasteiger partial charge in [0.15, 0.2) is 0 Å². The van der Waals surface area contributed by atoms with Crippen molar-refractivity contribution in [2.24, 2.45) is 11.1 Å². The number of nitrogens with zero attached hydrogens (tertiary/aromatic N) is 1. The van der Waals surface area contributed by atoms with Crippen LogP contribution in [0.15, 0.2) is 0 Å². The number of fused-ring (bicyclic) bond motifs is 3. The van der Waals surface area contributed by atoms with E-state index in [2.05, 4.69) is 6.92 Å². The van der Waals surface area contributed by atoms with Gasteiger partial charge >= 0.3 is 0 Å². The molecule has 3 aliphatic rings. The average molecular weight is 183 g/mol. The molecule has 13 heavy (non-hydrogen) atoms. The highest BCUT2D eigenvalue weighted by molar-refractivity contribution is 5.81. The highest BCUT2D eigenvalue weighted by Crippen LogP contribution is 2.43. The number of hydrogen-bond donors (Lipinski definition) is 1. The number of amides is 1. The van der Waals surface area contributed by atoms with Crippen LogP contribution in [0.5, 0.6) is 0 Å². The van der Waals surface area contributed by atoms with Gasteiger partial charge in [0.2, 0.25) is 5.91 Å². The smallest absolute Gasteiger partial charge is 0.224 e. The van der Waals surface area contributed by atoms with E-state index in [-0.39, 0.29) is 11.3 Å². The Labute approximate surface area is 79.5 Å². The molecule has 3 nitrogen and oxygen atoms in total. The lowest BCUT2D eigenvalue weighted by atomic mass is 9.70. The molecule has 3 rings (SSSR count). The molecule has 74 valence electrons. The minimum atomic E-state index is -0.116. The number of hydrogen-bond acceptors (Lipinski definition) is 1. The molecule has 0 aromatic heterocycles. The summed E-state index contributed by atoms with van der Waals surface area (Å²) in [6, 6.07) is 0. The molecule has 3 aliphatic heterocycles. The predicted molar refractivity (Wildman–Crippen MR) is 50.9 cm³/mol. The van der Waals surface area contributed by atoms with Gasteiger partial charge in [0, 0.05) is 19.3 Å². The van der Waals surface area contributed by atoms with Gasteiger partial charge in [0.1, 0.15) is 0 Å². The maximum absolute atomic E-state index is 11.3. The normalized spacial score (nSPS) is 43.5. The number of carbonyl (C=O) groups is 1. The minimum absolute atomic E-state index is 0.0545. The average Bonchev–Trinajstić information content (AvgIpc) is 2.20. The Bertz CT molecular complexity index is 213. The molecule has 0 spiro atoms. The first-order valence-electron chi connectivity index (χ1n) is 5.28. The van der Waals surface area contributed by atoms with E-state index in [9.17, 15) is 4.79 Å². The van der Waals surface area contributed by atoms with E-state index >= 15 is 0 Å². The van der Waals surface area contributed by atoms with E-state index < -0.39 is 0 Å². The van der Waals surface area contributed by atoms with Crippen LogP contribution in [-0.4, -0.2) is 36.6 Å². The number of piperidine rings is 3. The molecule has 0 aromatic carbocycles. The lowest BCUT2D eigenvalue weighted by Crippen LogP contribution is -2.64. The summed E-state index contributed by atoms with van der Waals surface area (Å²) in [4.78, 5) is 11.3. The van der Waals surface area contributed by atoms with Crippen LogP contribution in [0.25, 0.3) is 0 Å². The van der Waals surface area contributed by atoms with Crippen molar-refractivity contribution in [3.63, 3.8) is 0 Å². The topological polar surface area (TPSA) is 43.1 Å². The second kappa shape index (κ2) is 2.71. The molecular formula is C10H19N2O+. The van der Waals surface area contributed by atoms with Crippen molar-refractivity contribution < 1.29 is 9.28 Å². The van der Waals surface area contributed by atoms with Crippen molar-refractivity contribution >= 4 is 5.91 Å². The molecule has 2 N–H and O–H groups in total. The van der Waals surface area contributed by atoms with E-state index in [0.717, 1.165) is 19.3 Å². The zero-order valence-electron chi connectivity index (χ0n) is 8.38. The first kappa shape index (κ1) is 9.00. The summed E-state index contributed by atoms with van der Waals surface area (Å²) in [6.07, 6.45) is 3.07. The quantitative estimate of drug-likeness (QED) is 0.622. The summed E-state index contributed by atoms with van der Waals surface area (Å²) in [5.41, 5.74) is 5.36. The van der Waals surface area contributed by atoms with Crippen LogP contribution in [-0.2, 0) is 4.79 Å². The second-order valence-corrected chi connectivity index (χ2v) is 4.72. The largest absolute Gasteiger partial charge is 0.369 e. The number of primary amides is 1. The predicted octanol–water partition coefficient (Wildman–Crippen LogP) is 0.492. The molecule has 3 heteroatoms. The fraction of sp³-hybridized carbons (Fsp3) is 0.900. The SMILES string of the molecule is CC[N+]12CCC(C(N)=O)(CC1)CC2. The van der Waals surface area contributed by atoms with Gasteiger partial charge in [0.25, 0.3) is 0 Å². The van der Waals surface area contributed by atoms with Gasteiger partial charge in [0.05, 0.1) is 31.6 Å². The molecule has 3 saturated heterocycles. The Balaban J connectivity index is 2.16. The number of nitrogens with two attached hydrogens (primary N) is 1. The number of rotatable bonds is 2.